The maximum absolute atomic E-state index is 12.2. The maximum Gasteiger partial charge on any atom is 1.00 e. The van der Waals surface area contributed by atoms with E-state index in [2.05, 4.69) is 6.92 Å². The van der Waals surface area contributed by atoms with E-state index in [1.807, 2.05) is 0 Å². The van der Waals surface area contributed by atoms with Crippen LogP contribution in [0.2, 0.25) is 0 Å². The number of aliphatic hydroxyl groups excluding tert-OH is 11. The van der Waals surface area contributed by atoms with Crippen LogP contribution in [0, 0.1) is 12.8 Å². The van der Waals surface area contributed by atoms with Crippen molar-refractivity contribution in [1.82, 2.24) is 0 Å². The van der Waals surface area contributed by atoms with Crippen LogP contribution < -0.4 is 292 Å². The van der Waals surface area contributed by atoms with Crippen LogP contribution in [0.4, 0.5) is 0 Å². The van der Waals surface area contributed by atoms with Gasteiger partial charge in [-0.25, -0.2) is 0 Å². The molecule has 20 unspecified atom stereocenters. The fourth-order valence-corrected chi connectivity index (χ4v) is 6.82. The third-order valence-electron chi connectivity index (χ3n) is 10.6. The van der Waals surface area contributed by atoms with Crippen molar-refractivity contribution in [1.29, 1.82) is 0 Å². The van der Waals surface area contributed by atoms with E-state index >= 15 is 0 Å². The Balaban J connectivity index is -0.00000111. The fourth-order valence-electron chi connectivity index (χ4n) is 6.82. The molecule has 4 heterocycles. The van der Waals surface area contributed by atoms with Crippen LogP contribution in [0.5, 0.6) is 17.2 Å². The van der Waals surface area contributed by atoms with Gasteiger partial charge in [0, 0.05) is 18.6 Å². The molecule has 4 aliphatic heterocycles. The number of ether oxygens (including phenoxy) is 7. The first-order valence-electron chi connectivity index (χ1n) is 19.0. The average Bonchev–Trinajstić information content (AvgIpc) is 3.25. The normalized spacial score (nSPS) is 37.7. The van der Waals surface area contributed by atoms with Crippen molar-refractivity contribution in [2.75, 3.05) is 26.4 Å². The number of rotatable bonds is 12. The minimum Gasteiger partial charge on any atom is -0.870 e. The Kier molecular flexibility index (Phi) is 42.3. The zero-order valence-corrected chi connectivity index (χ0v) is 53.3. The topological polar surface area (TPSA) is 439 Å². The molecule has 0 amide bonds. The van der Waals surface area contributed by atoms with Crippen LogP contribution in [0.15, 0.2) is 48.5 Å². The monoisotopic (exact) mass is 1090 g/mol. The Morgan fingerprint density at radius 1 is 0.433 bits per heavy atom. The summed E-state index contributed by atoms with van der Waals surface area (Å²) in [6.07, 6.45) is -26.2. The molecule has 4 saturated heterocycles. The van der Waals surface area contributed by atoms with Crippen LogP contribution in [0.3, 0.4) is 0 Å². The van der Waals surface area contributed by atoms with Gasteiger partial charge >= 0.3 is 257 Å². The summed E-state index contributed by atoms with van der Waals surface area (Å²) in [6, 6.07) is 11.9. The Hall–Kier alpha value is 5.18. The molecule has 29 heteroatoms. The molecular weight excluding hydrogens is 1040 g/mol. The molecule has 0 aromatic heterocycles. The zero-order chi connectivity index (χ0) is 44.0. The van der Waals surface area contributed by atoms with Crippen molar-refractivity contribution in [3.63, 3.8) is 0 Å². The van der Waals surface area contributed by atoms with Crippen LogP contribution in [0.25, 0.3) is 0 Å². The van der Waals surface area contributed by atoms with Gasteiger partial charge in [0.05, 0.1) is 31.5 Å². The minimum absolute atomic E-state index is 0. The van der Waals surface area contributed by atoms with Gasteiger partial charge in [0.15, 0.2) is 12.6 Å². The molecule has 4 fully saturated rings. The fraction of sp³-hybridized carbons (Fsp3) is 0.658. The molecule has 4 aliphatic rings. The molecule has 13 N–H and O–H groups in total. The number of aliphatic hydroxyl groups is 11. The summed E-state index contributed by atoms with van der Waals surface area (Å²) in [5.41, 5.74) is 0.695. The molecule has 20 atom stereocenters. The predicted octanol–water partition coefficient (Wildman–Crippen LogP) is -24.5. The van der Waals surface area contributed by atoms with E-state index in [4.69, 9.17) is 33.2 Å². The first kappa shape index (κ1) is 76.4. The largest absolute Gasteiger partial charge is 1.00 e. The zero-order valence-electron chi connectivity index (χ0n) is 37.7. The van der Waals surface area contributed by atoms with Gasteiger partial charge in [-0.3, -0.25) is 0 Å². The van der Waals surface area contributed by atoms with Crippen molar-refractivity contribution in [3.05, 3.63) is 61.0 Å². The van der Waals surface area contributed by atoms with Gasteiger partial charge < -0.3 is 128 Å². The third kappa shape index (κ3) is 20.4. The molecule has 24 nitrogen and oxygen atoms in total. The van der Waals surface area contributed by atoms with Gasteiger partial charge in [-0.15, -0.1) is 19.1 Å². The predicted molar refractivity (Wildman–Crippen MR) is 191 cm³/mol. The quantitative estimate of drug-likeness (QED) is 0.0694. The van der Waals surface area contributed by atoms with Crippen molar-refractivity contribution in [3.8, 4) is 17.2 Å². The summed E-state index contributed by atoms with van der Waals surface area (Å²) >= 11 is 0. The molecule has 6 rings (SSSR count). The molecular formula is C38H53K5O24-2. The summed E-state index contributed by atoms with van der Waals surface area (Å²) in [7, 11) is 0. The van der Waals surface area contributed by atoms with E-state index in [1.54, 1.807) is 24.3 Å². The molecule has 2 aromatic rings. The molecule has 0 aliphatic carbocycles. The Labute approximate surface area is 598 Å². The first-order valence-corrected chi connectivity index (χ1v) is 19.0. The second kappa shape index (κ2) is 37.1. The smallest absolute Gasteiger partial charge is 0.870 e. The van der Waals surface area contributed by atoms with Crippen LogP contribution >= 0.6 is 0 Å². The summed E-state index contributed by atoms with van der Waals surface area (Å²) in [5.74, 6) is -0.275. The molecule has 0 radical (unpaired) electrons. The van der Waals surface area contributed by atoms with Crippen molar-refractivity contribution < 1.29 is 378 Å². The minimum atomic E-state index is -1.84. The van der Waals surface area contributed by atoms with Gasteiger partial charge in [-0.2, -0.15) is 0 Å². The van der Waals surface area contributed by atoms with Gasteiger partial charge in [0.25, 0.3) is 0 Å². The summed E-state index contributed by atoms with van der Waals surface area (Å²) in [5, 5.41) is 154. The van der Waals surface area contributed by atoms with Crippen molar-refractivity contribution in [2.24, 2.45) is 5.92 Å². The number of benzene rings is 2. The molecule has 67 heavy (non-hydrogen) atoms. The van der Waals surface area contributed by atoms with E-state index in [0.29, 0.717) is 5.56 Å². The summed E-state index contributed by atoms with van der Waals surface area (Å²) in [6.45, 7) is 0.958. The second-order valence-corrected chi connectivity index (χ2v) is 14.7. The van der Waals surface area contributed by atoms with E-state index in [0.717, 1.165) is 0 Å². The molecule has 0 bridgehead atoms. The Morgan fingerprint density at radius 3 is 1.22 bits per heavy atom. The van der Waals surface area contributed by atoms with Gasteiger partial charge in [0.1, 0.15) is 72.2 Å². The second-order valence-electron chi connectivity index (χ2n) is 14.7. The van der Waals surface area contributed by atoms with Gasteiger partial charge in [-0.05, 0) is 54.2 Å². The van der Waals surface area contributed by atoms with Crippen LogP contribution in [0.1, 0.15) is 5.56 Å². The summed E-state index contributed by atoms with van der Waals surface area (Å²) in [4.78, 5) is 0. The number of hydrogen-bond donors (Lipinski definition) is 11. The molecule has 0 saturated carbocycles. The van der Waals surface area contributed by atoms with Gasteiger partial charge in [-0.1, -0.05) is 12.1 Å². The number of hydrogen-bond acceptors (Lipinski definition) is 24. The van der Waals surface area contributed by atoms with Crippen LogP contribution in [-0.4, -0.2) is 210 Å². The average molecular weight is 1090 g/mol. The van der Waals surface area contributed by atoms with Gasteiger partial charge in [0.2, 0.25) is 6.29 Å². The molecule has 356 valence electrons. The van der Waals surface area contributed by atoms with Crippen LogP contribution in [-0.2, 0) is 25.4 Å². The first-order chi connectivity index (χ1) is 28.5. The van der Waals surface area contributed by atoms with E-state index < -0.39 is 149 Å². The Morgan fingerprint density at radius 2 is 0.776 bits per heavy atom. The SMILES string of the molecule is OCC1OC(Cc2ccc(OC3OC(CO)C(O)C(O)C3O)cc2)C(O)C(O)C1O.[CH2-]C1C(C[O-])OC(Oc2ccc(OC3OC(C[O-])C(O)C(O)C3[O-])cc2)C([O-])C1O.[K+].[K+].[K+].[K+].[K+].[OH-].[OH-]. The maximum atomic E-state index is 12.2. The van der Waals surface area contributed by atoms with E-state index in [-0.39, 0.29) is 292 Å². The summed E-state index contributed by atoms with van der Waals surface area (Å²) < 4.78 is 37.5. The van der Waals surface area contributed by atoms with Crippen molar-refractivity contribution >= 4 is 0 Å². The standard InChI is InChI=1S/C19H23O11.C19H28O11.5K.2H2O/c1-8-11(6-20)29-18(16(25)13(8)22)27-9-2-4-10(5-3-9)28-19-17(26)15(24)14(23)12(7-21)30-19;20-6-11-14(23)16(25)13(22)10(29-11)5-8-1-3-9(4-2-8)28-19-18(27)17(26)15(24)12(7-21)30-19;;;;;;;/h2-5,8,11-19,22-24H,1,6-7H2;1-4,10-27H,5-7H2;;;;;;2*1H2/q-5;;5*+1;;/p-2. The Bertz CT molecular complexity index is 1360. The van der Waals surface area contributed by atoms with Crippen molar-refractivity contribution in [2.45, 2.75) is 123 Å². The van der Waals surface area contributed by atoms with E-state index in [1.165, 1.54) is 24.3 Å². The molecule has 0 spiro atoms. The molecule has 2 aromatic carbocycles. The van der Waals surface area contributed by atoms with E-state index in [9.17, 15) is 76.6 Å². The third-order valence-corrected chi connectivity index (χ3v) is 10.6.